The van der Waals surface area contributed by atoms with E-state index >= 15 is 0 Å². The summed E-state index contributed by atoms with van der Waals surface area (Å²) in [5, 5.41) is 3.36. The molecule has 72 valence electrons. The van der Waals surface area contributed by atoms with Crippen LogP contribution in [0.25, 0.3) is 0 Å². The third-order valence-electron chi connectivity index (χ3n) is 1.43. The Kier molecular flexibility index (Phi) is 8.51. The molecule has 0 aliphatic rings. The Morgan fingerprint density at radius 1 is 1.50 bits per heavy atom. The van der Waals surface area contributed by atoms with Crippen LogP contribution in [0.3, 0.4) is 0 Å². The van der Waals surface area contributed by atoms with Crippen LogP contribution in [0.4, 0.5) is 0 Å². The highest BCUT2D eigenvalue weighted by Gasteiger charge is 1.91. The lowest BCUT2D eigenvalue weighted by Crippen LogP contribution is -2.21. The first-order chi connectivity index (χ1) is 5.77. The SMILES string of the molecule is C=CCOCCCNCC(C)C. The summed E-state index contributed by atoms with van der Waals surface area (Å²) in [6.07, 6.45) is 2.86. The summed E-state index contributed by atoms with van der Waals surface area (Å²) < 4.78 is 5.23. The summed E-state index contributed by atoms with van der Waals surface area (Å²) >= 11 is 0. The highest BCUT2D eigenvalue weighted by atomic mass is 16.5. The van der Waals surface area contributed by atoms with Crippen LogP contribution in [0, 0.1) is 5.92 Å². The Balaban J connectivity index is 2.86. The van der Waals surface area contributed by atoms with Gasteiger partial charge in [-0.1, -0.05) is 19.9 Å². The lowest BCUT2D eigenvalue weighted by atomic mass is 10.2. The van der Waals surface area contributed by atoms with Gasteiger partial charge in [0, 0.05) is 6.61 Å². The van der Waals surface area contributed by atoms with E-state index in [2.05, 4.69) is 25.7 Å². The van der Waals surface area contributed by atoms with E-state index in [1.165, 1.54) is 0 Å². The van der Waals surface area contributed by atoms with Gasteiger partial charge in [0.2, 0.25) is 0 Å². The number of rotatable bonds is 8. The normalized spacial score (nSPS) is 10.6. The van der Waals surface area contributed by atoms with Gasteiger partial charge in [-0.05, 0) is 25.4 Å². The lowest BCUT2D eigenvalue weighted by Gasteiger charge is -2.06. The third kappa shape index (κ3) is 9.66. The van der Waals surface area contributed by atoms with Crippen LogP contribution in [0.1, 0.15) is 20.3 Å². The molecule has 0 heterocycles. The van der Waals surface area contributed by atoms with Gasteiger partial charge in [0.05, 0.1) is 6.61 Å². The quantitative estimate of drug-likeness (QED) is 0.444. The van der Waals surface area contributed by atoms with Crippen molar-refractivity contribution in [1.82, 2.24) is 5.32 Å². The monoisotopic (exact) mass is 171 g/mol. The molecule has 0 radical (unpaired) electrons. The van der Waals surface area contributed by atoms with Crippen molar-refractivity contribution in [3.05, 3.63) is 12.7 Å². The molecule has 0 fully saturated rings. The molecule has 0 aliphatic carbocycles. The standard InChI is InChI=1S/C10H21NO/c1-4-7-12-8-5-6-11-9-10(2)3/h4,10-11H,1,5-9H2,2-3H3. The zero-order chi connectivity index (χ0) is 9.23. The summed E-state index contributed by atoms with van der Waals surface area (Å²) in [4.78, 5) is 0. The molecule has 2 heteroatoms. The Morgan fingerprint density at radius 2 is 2.25 bits per heavy atom. The summed E-state index contributed by atoms with van der Waals surface area (Å²) in [7, 11) is 0. The van der Waals surface area contributed by atoms with E-state index in [9.17, 15) is 0 Å². The Morgan fingerprint density at radius 3 is 2.83 bits per heavy atom. The summed E-state index contributed by atoms with van der Waals surface area (Å²) in [5.41, 5.74) is 0. The molecular formula is C10H21NO. The Labute approximate surface area is 76.0 Å². The topological polar surface area (TPSA) is 21.3 Å². The summed E-state index contributed by atoms with van der Waals surface area (Å²) in [5.74, 6) is 0.735. The molecule has 0 aliphatic heterocycles. The minimum absolute atomic E-state index is 0.671. The predicted molar refractivity (Wildman–Crippen MR) is 53.3 cm³/mol. The highest BCUT2D eigenvalue weighted by molar-refractivity contribution is 4.63. The maximum absolute atomic E-state index is 5.23. The van der Waals surface area contributed by atoms with Gasteiger partial charge in [0.25, 0.3) is 0 Å². The molecule has 1 N–H and O–H groups in total. The van der Waals surface area contributed by atoms with Crippen LogP contribution in [-0.4, -0.2) is 26.3 Å². The molecule has 12 heavy (non-hydrogen) atoms. The van der Waals surface area contributed by atoms with Gasteiger partial charge in [-0.3, -0.25) is 0 Å². The highest BCUT2D eigenvalue weighted by Crippen LogP contribution is 1.87. The van der Waals surface area contributed by atoms with Crippen molar-refractivity contribution in [3.8, 4) is 0 Å². The Bertz CT molecular complexity index is 102. The molecule has 0 unspecified atom stereocenters. The molecule has 0 rings (SSSR count). The molecule has 0 bridgehead atoms. The first kappa shape index (κ1) is 11.7. The first-order valence-electron chi connectivity index (χ1n) is 4.66. The van der Waals surface area contributed by atoms with Crippen LogP contribution in [0.2, 0.25) is 0 Å². The largest absolute Gasteiger partial charge is 0.377 e. The summed E-state index contributed by atoms with van der Waals surface area (Å²) in [6, 6.07) is 0. The molecule has 0 atom stereocenters. The number of nitrogens with one attached hydrogen (secondary N) is 1. The smallest absolute Gasteiger partial charge is 0.0644 e. The van der Waals surface area contributed by atoms with Gasteiger partial charge in [-0.2, -0.15) is 0 Å². The van der Waals surface area contributed by atoms with Gasteiger partial charge in [0.15, 0.2) is 0 Å². The fraction of sp³-hybridized carbons (Fsp3) is 0.800. The lowest BCUT2D eigenvalue weighted by molar-refractivity contribution is 0.159. The zero-order valence-electron chi connectivity index (χ0n) is 8.31. The number of ether oxygens (including phenoxy) is 1. The molecule has 0 saturated heterocycles. The molecular weight excluding hydrogens is 150 g/mol. The fourth-order valence-electron chi connectivity index (χ4n) is 0.857. The second-order valence-corrected chi connectivity index (χ2v) is 3.32. The average molecular weight is 171 g/mol. The van der Waals surface area contributed by atoms with E-state index in [-0.39, 0.29) is 0 Å². The minimum Gasteiger partial charge on any atom is -0.377 e. The molecule has 0 saturated carbocycles. The molecule has 0 aromatic heterocycles. The van der Waals surface area contributed by atoms with E-state index in [0.29, 0.717) is 6.61 Å². The van der Waals surface area contributed by atoms with Crippen molar-refractivity contribution in [3.63, 3.8) is 0 Å². The number of hydrogen-bond acceptors (Lipinski definition) is 2. The minimum atomic E-state index is 0.671. The van der Waals surface area contributed by atoms with E-state index in [4.69, 9.17) is 4.74 Å². The van der Waals surface area contributed by atoms with Gasteiger partial charge >= 0.3 is 0 Å². The van der Waals surface area contributed by atoms with E-state index in [1.807, 2.05) is 0 Å². The molecule has 0 spiro atoms. The van der Waals surface area contributed by atoms with Crippen molar-refractivity contribution < 1.29 is 4.74 Å². The maximum Gasteiger partial charge on any atom is 0.0644 e. The first-order valence-corrected chi connectivity index (χ1v) is 4.66. The van der Waals surface area contributed by atoms with Crippen LogP contribution in [0.5, 0.6) is 0 Å². The number of hydrogen-bond donors (Lipinski definition) is 1. The average Bonchev–Trinajstić information content (AvgIpc) is 2.02. The van der Waals surface area contributed by atoms with Crippen molar-refractivity contribution >= 4 is 0 Å². The summed E-state index contributed by atoms with van der Waals surface area (Å²) in [6.45, 7) is 11.6. The second kappa shape index (κ2) is 8.75. The van der Waals surface area contributed by atoms with Crippen LogP contribution in [-0.2, 0) is 4.74 Å². The van der Waals surface area contributed by atoms with E-state index < -0.39 is 0 Å². The van der Waals surface area contributed by atoms with E-state index in [1.54, 1.807) is 6.08 Å². The third-order valence-corrected chi connectivity index (χ3v) is 1.43. The van der Waals surface area contributed by atoms with Crippen LogP contribution >= 0.6 is 0 Å². The van der Waals surface area contributed by atoms with Crippen LogP contribution in [0.15, 0.2) is 12.7 Å². The maximum atomic E-state index is 5.23. The molecule has 2 nitrogen and oxygen atoms in total. The van der Waals surface area contributed by atoms with Gasteiger partial charge in [0.1, 0.15) is 0 Å². The van der Waals surface area contributed by atoms with Crippen molar-refractivity contribution in [2.24, 2.45) is 5.92 Å². The molecule has 0 aromatic carbocycles. The molecule has 0 amide bonds. The molecule has 0 aromatic rings. The fourth-order valence-corrected chi connectivity index (χ4v) is 0.857. The van der Waals surface area contributed by atoms with Crippen molar-refractivity contribution in [2.45, 2.75) is 20.3 Å². The Hall–Kier alpha value is -0.340. The van der Waals surface area contributed by atoms with Crippen molar-refractivity contribution in [2.75, 3.05) is 26.3 Å². The predicted octanol–water partition coefficient (Wildman–Crippen LogP) is 1.82. The van der Waals surface area contributed by atoms with E-state index in [0.717, 1.165) is 32.0 Å². The van der Waals surface area contributed by atoms with Crippen LogP contribution < -0.4 is 5.32 Å². The van der Waals surface area contributed by atoms with Gasteiger partial charge in [-0.15, -0.1) is 6.58 Å². The van der Waals surface area contributed by atoms with Crippen molar-refractivity contribution in [1.29, 1.82) is 0 Å². The van der Waals surface area contributed by atoms with Gasteiger partial charge < -0.3 is 10.1 Å². The second-order valence-electron chi connectivity index (χ2n) is 3.32. The zero-order valence-corrected chi connectivity index (χ0v) is 8.31. The van der Waals surface area contributed by atoms with Gasteiger partial charge in [-0.25, -0.2) is 0 Å².